The van der Waals surface area contributed by atoms with E-state index in [9.17, 15) is 4.79 Å². The Morgan fingerprint density at radius 2 is 2.13 bits per heavy atom. The van der Waals surface area contributed by atoms with Crippen LogP contribution >= 0.6 is 11.8 Å². The molecule has 5 heteroatoms. The molecule has 15 heavy (non-hydrogen) atoms. The fraction of sp³-hybridized carbons (Fsp3) is 0.100. The molecule has 1 aliphatic heterocycles. The summed E-state index contributed by atoms with van der Waals surface area (Å²) in [6.07, 6.45) is 1.65. The molecule has 0 aromatic heterocycles. The van der Waals surface area contributed by atoms with Gasteiger partial charge in [0.15, 0.2) is 5.17 Å². The highest BCUT2D eigenvalue weighted by molar-refractivity contribution is 8.15. The van der Waals surface area contributed by atoms with Crippen LogP contribution in [0.1, 0.15) is 5.56 Å². The van der Waals surface area contributed by atoms with Gasteiger partial charge in [-0.15, -0.1) is 5.10 Å². The molecule has 0 atom stereocenters. The van der Waals surface area contributed by atoms with Crippen molar-refractivity contribution in [3.8, 4) is 0 Å². The highest BCUT2D eigenvalue weighted by Crippen LogP contribution is 2.08. The van der Waals surface area contributed by atoms with Gasteiger partial charge in [-0.3, -0.25) is 4.79 Å². The monoisotopic (exact) mass is 219 g/mol. The standard InChI is InChI=1S/C10H9N3OS/c14-9-7-15-10(12-9)13-11-6-8-4-2-1-3-5-8/h1-6H,7H2,(H,12,13,14)/b11-6+. The van der Waals surface area contributed by atoms with Crippen molar-refractivity contribution in [2.24, 2.45) is 10.2 Å². The van der Waals surface area contributed by atoms with Crippen LogP contribution in [-0.4, -0.2) is 23.0 Å². The molecule has 1 N–H and O–H groups in total. The minimum atomic E-state index is -0.0198. The van der Waals surface area contributed by atoms with Crippen LogP contribution in [0.25, 0.3) is 0 Å². The van der Waals surface area contributed by atoms with Crippen molar-refractivity contribution in [2.75, 3.05) is 5.75 Å². The summed E-state index contributed by atoms with van der Waals surface area (Å²) in [4.78, 5) is 10.8. The lowest BCUT2D eigenvalue weighted by Crippen LogP contribution is -2.19. The molecule has 1 aromatic carbocycles. The molecular formula is C10H9N3OS. The van der Waals surface area contributed by atoms with Crippen LogP contribution in [0.4, 0.5) is 0 Å². The van der Waals surface area contributed by atoms with Crippen molar-refractivity contribution in [3.05, 3.63) is 35.9 Å². The van der Waals surface area contributed by atoms with Gasteiger partial charge in [-0.1, -0.05) is 42.1 Å². The molecule has 1 saturated heterocycles. The van der Waals surface area contributed by atoms with E-state index in [1.807, 2.05) is 30.3 Å². The van der Waals surface area contributed by atoms with Crippen molar-refractivity contribution in [3.63, 3.8) is 0 Å². The summed E-state index contributed by atoms with van der Waals surface area (Å²) >= 11 is 1.36. The zero-order chi connectivity index (χ0) is 10.5. The van der Waals surface area contributed by atoms with Crippen LogP contribution in [0.3, 0.4) is 0 Å². The van der Waals surface area contributed by atoms with E-state index in [1.165, 1.54) is 11.8 Å². The lowest BCUT2D eigenvalue weighted by atomic mass is 10.2. The van der Waals surface area contributed by atoms with Gasteiger partial charge in [-0.25, -0.2) is 0 Å². The third kappa shape index (κ3) is 2.92. The van der Waals surface area contributed by atoms with E-state index in [1.54, 1.807) is 6.21 Å². The maximum atomic E-state index is 10.8. The summed E-state index contributed by atoms with van der Waals surface area (Å²) in [5, 5.41) is 10.9. The van der Waals surface area contributed by atoms with Gasteiger partial charge in [0.25, 0.3) is 0 Å². The molecular weight excluding hydrogens is 210 g/mol. The Kier molecular flexibility index (Phi) is 3.14. The number of carbonyl (C=O) groups excluding carboxylic acids is 1. The van der Waals surface area contributed by atoms with E-state index in [0.717, 1.165) is 5.56 Å². The number of carbonyl (C=O) groups is 1. The average Bonchev–Trinajstić information content (AvgIpc) is 2.66. The SMILES string of the molecule is O=C1CS/C(=N\N=C\c2ccccc2)N1. The van der Waals surface area contributed by atoms with E-state index in [-0.39, 0.29) is 5.91 Å². The normalized spacial score (nSPS) is 18.7. The number of thioether (sulfide) groups is 1. The highest BCUT2D eigenvalue weighted by Gasteiger charge is 2.15. The first-order chi connectivity index (χ1) is 7.34. The Labute approximate surface area is 91.5 Å². The van der Waals surface area contributed by atoms with Crippen LogP contribution < -0.4 is 5.32 Å². The number of nitrogens with zero attached hydrogens (tertiary/aromatic N) is 2. The van der Waals surface area contributed by atoms with Crippen LogP contribution in [0.15, 0.2) is 40.5 Å². The number of benzene rings is 1. The molecule has 1 aromatic rings. The van der Waals surface area contributed by atoms with Crippen LogP contribution in [0.5, 0.6) is 0 Å². The van der Waals surface area contributed by atoms with E-state index in [2.05, 4.69) is 15.5 Å². The number of amidine groups is 1. The first kappa shape index (κ1) is 9.92. The molecule has 4 nitrogen and oxygen atoms in total. The molecule has 0 bridgehead atoms. The minimum absolute atomic E-state index is 0.0198. The van der Waals surface area contributed by atoms with Crippen molar-refractivity contribution in [1.29, 1.82) is 0 Å². The van der Waals surface area contributed by atoms with E-state index in [0.29, 0.717) is 10.9 Å². The maximum absolute atomic E-state index is 10.8. The summed E-state index contributed by atoms with van der Waals surface area (Å²) < 4.78 is 0. The number of amides is 1. The van der Waals surface area contributed by atoms with Crippen molar-refractivity contribution >= 4 is 29.1 Å². The highest BCUT2D eigenvalue weighted by atomic mass is 32.2. The zero-order valence-electron chi connectivity index (χ0n) is 7.88. The Hall–Kier alpha value is -1.62. The first-order valence-electron chi connectivity index (χ1n) is 4.43. The Balaban J connectivity index is 1.98. The van der Waals surface area contributed by atoms with Crippen molar-refractivity contribution < 1.29 is 4.79 Å². The average molecular weight is 219 g/mol. The lowest BCUT2D eigenvalue weighted by molar-refractivity contribution is -0.116. The van der Waals surface area contributed by atoms with Gasteiger partial charge in [-0.2, -0.15) is 5.10 Å². The smallest absolute Gasteiger partial charge is 0.236 e. The molecule has 0 spiro atoms. The summed E-state index contributed by atoms with van der Waals surface area (Å²) in [6, 6.07) is 9.67. The molecule has 0 unspecified atom stereocenters. The van der Waals surface area contributed by atoms with Crippen LogP contribution in [-0.2, 0) is 4.79 Å². The molecule has 76 valence electrons. The minimum Gasteiger partial charge on any atom is -0.303 e. The third-order valence-corrected chi connectivity index (χ3v) is 2.60. The molecule has 2 rings (SSSR count). The van der Waals surface area contributed by atoms with Gasteiger partial charge >= 0.3 is 0 Å². The Morgan fingerprint density at radius 3 is 2.80 bits per heavy atom. The second-order valence-electron chi connectivity index (χ2n) is 2.90. The quantitative estimate of drug-likeness (QED) is 0.601. The predicted molar refractivity (Wildman–Crippen MR) is 62.1 cm³/mol. The molecule has 0 saturated carbocycles. The Bertz CT molecular complexity index is 414. The fourth-order valence-electron chi connectivity index (χ4n) is 1.07. The van der Waals surface area contributed by atoms with Crippen LogP contribution in [0, 0.1) is 0 Å². The molecule has 1 aliphatic rings. The second-order valence-corrected chi connectivity index (χ2v) is 3.86. The number of rotatable bonds is 2. The molecule has 1 heterocycles. The lowest BCUT2D eigenvalue weighted by Gasteiger charge is -1.90. The van der Waals surface area contributed by atoms with Gasteiger partial charge in [-0.05, 0) is 5.56 Å². The van der Waals surface area contributed by atoms with Crippen molar-refractivity contribution in [1.82, 2.24) is 5.32 Å². The number of hydrogen-bond acceptors (Lipinski definition) is 4. The molecule has 1 amide bonds. The van der Waals surface area contributed by atoms with Gasteiger partial charge in [0.1, 0.15) is 0 Å². The van der Waals surface area contributed by atoms with Gasteiger partial charge < -0.3 is 5.32 Å². The van der Waals surface area contributed by atoms with Crippen LogP contribution in [0.2, 0.25) is 0 Å². The zero-order valence-corrected chi connectivity index (χ0v) is 8.70. The van der Waals surface area contributed by atoms with Crippen molar-refractivity contribution in [2.45, 2.75) is 0 Å². The molecule has 0 radical (unpaired) electrons. The fourth-order valence-corrected chi connectivity index (χ4v) is 1.70. The van der Waals surface area contributed by atoms with E-state index in [4.69, 9.17) is 0 Å². The number of nitrogens with one attached hydrogen (secondary N) is 1. The summed E-state index contributed by atoms with van der Waals surface area (Å²) in [7, 11) is 0. The summed E-state index contributed by atoms with van der Waals surface area (Å²) in [6.45, 7) is 0. The first-order valence-corrected chi connectivity index (χ1v) is 5.42. The van der Waals surface area contributed by atoms with Gasteiger partial charge in [0.05, 0.1) is 12.0 Å². The van der Waals surface area contributed by atoms with E-state index < -0.39 is 0 Å². The predicted octanol–water partition coefficient (Wildman–Crippen LogP) is 1.24. The molecule has 1 fully saturated rings. The largest absolute Gasteiger partial charge is 0.303 e. The van der Waals surface area contributed by atoms with Gasteiger partial charge in [0.2, 0.25) is 5.91 Å². The Morgan fingerprint density at radius 1 is 1.33 bits per heavy atom. The van der Waals surface area contributed by atoms with Gasteiger partial charge in [0, 0.05) is 0 Å². The number of hydrogen-bond donors (Lipinski definition) is 1. The summed E-state index contributed by atoms with van der Waals surface area (Å²) in [5.74, 6) is 0.410. The maximum Gasteiger partial charge on any atom is 0.236 e. The summed E-state index contributed by atoms with van der Waals surface area (Å²) in [5.41, 5.74) is 0.983. The topological polar surface area (TPSA) is 53.8 Å². The third-order valence-electron chi connectivity index (χ3n) is 1.74. The second kappa shape index (κ2) is 4.75. The van der Waals surface area contributed by atoms with E-state index >= 15 is 0 Å². The molecule has 0 aliphatic carbocycles.